The maximum absolute atomic E-state index is 6.13. The van der Waals surface area contributed by atoms with Crippen LogP contribution < -0.4 is 5.32 Å². The minimum absolute atomic E-state index is 0.305. The Morgan fingerprint density at radius 3 is 3.22 bits per heavy atom. The van der Waals surface area contributed by atoms with Gasteiger partial charge in [0.25, 0.3) is 0 Å². The molecule has 0 spiro atoms. The molecule has 1 N–H and O–H groups in total. The zero-order valence-electron chi connectivity index (χ0n) is 10.1. The van der Waals surface area contributed by atoms with Gasteiger partial charge in [-0.15, -0.1) is 22.7 Å². The first-order chi connectivity index (χ1) is 8.74. The Labute approximate surface area is 120 Å². The van der Waals surface area contributed by atoms with Crippen molar-refractivity contribution in [3.8, 4) is 0 Å². The van der Waals surface area contributed by atoms with Crippen molar-refractivity contribution in [1.29, 1.82) is 0 Å². The molecule has 0 aliphatic heterocycles. The summed E-state index contributed by atoms with van der Waals surface area (Å²) in [6, 6.07) is 2.86. The molecule has 2 aromatic rings. The molecule has 96 valence electrons. The van der Waals surface area contributed by atoms with Gasteiger partial charge in [0.1, 0.15) is 5.01 Å². The fraction of sp³-hybridized carbons (Fsp3) is 0.462. The molecule has 2 heterocycles. The summed E-state index contributed by atoms with van der Waals surface area (Å²) in [6.45, 7) is 2.18. The van der Waals surface area contributed by atoms with Crippen molar-refractivity contribution in [2.75, 3.05) is 0 Å². The van der Waals surface area contributed by atoms with E-state index in [2.05, 4.69) is 23.3 Å². The smallest absolute Gasteiger partial charge is 0.109 e. The lowest BCUT2D eigenvalue weighted by Crippen LogP contribution is -2.26. The Balaban J connectivity index is 1.78. The highest BCUT2D eigenvalue weighted by Gasteiger charge is 2.24. The van der Waals surface area contributed by atoms with Gasteiger partial charge < -0.3 is 5.32 Å². The van der Waals surface area contributed by atoms with Gasteiger partial charge in [-0.05, 0) is 37.8 Å². The SMILES string of the molecule is CC(NC1CCCc2sc(Cl)cc21)c1nccs1. The van der Waals surface area contributed by atoms with Gasteiger partial charge in [-0.1, -0.05) is 11.6 Å². The van der Waals surface area contributed by atoms with E-state index in [-0.39, 0.29) is 0 Å². The molecule has 1 aliphatic rings. The third-order valence-corrected chi connectivity index (χ3v) is 5.65. The maximum Gasteiger partial charge on any atom is 0.109 e. The minimum Gasteiger partial charge on any atom is -0.301 e. The molecule has 18 heavy (non-hydrogen) atoms. The summed E-state index contributed by atoms with van der Waals surface area (Å²) < 4.78 is 0.913. The first-order valence-electron chi connectivity index (χ1n) is 6.17. The van der Waals surface area contributed by atoms with Crippen LogP contribution in [0.1, 0.15) is 47.3 Å². The summed E-state index contributed by atoms with van der Waals surface area (Å²) in [7, 11) is 0. The number of aryl methyl sites for hydroxylation is 1. The van der Waals surface area contributed by atoms with Crippen LogP contribution in [-0.4, -0.2) is 4.98 Å². The largest absolute Gasteiger partial charge is 0.301 e. The first-order valence-corrected chi connectivity index (χ1v) is 8.25. The number of nitrogens with zero attached hydrogens (tertiary/aromatic N) is 1. The van der Waals surface area contributed by atoms with E-state index >= 15 is 0 Å². The van der Waals surface area contributed by atoms with Crippen LogP contribution in [0.2, 0.25) is 4.34 Å². The summed E-state index contributed by atoms with van der Waals surface area (Å²) in [5.41, 5.74) is 1.40. The fourth-order valence-corrected chi connectivity index (χ4v) is 4.55. The molecule has 0 radical (unpaired) electrons. The Hall–Kier alpha value is -0.420. The van der Waals surface area contributed by atoms with Crippen LogP contribution in [0.25, 0.3) is 0 Å². The number of halogens is 1. The molecule has 0 saturated heterocycles. The molecule has 0 amide bonds. The van der Waals surface area contributed by atoms with Crippen LogP contribution in [0.5, 0.6) is 0 Å². The number of nitrogens with one attached hydrogen (secondary N) is 1. The Bertz CT molecular complexity index is 521. The molecule has 0 fully saturated rings. The van der Waals surface area contributed by atoms with E-state index in [9.17, 15) is 0 Å². The van der Waals surface area contributed by atoms with Crippen molar-refractivity contribution in [1.82, 2.24) is 10.3 Å². The van der Waals surface area contributed by atoms with Gasteiger partial charge in [-0.2, -0.15) is 0 Å². The molecule has 5 heteroatoms. The highest BCUT2D eigenvalue weighted by atomic mass is 35.5. The molecule has 2 atom stereocenters. The number of hydrogen-bond acceptors (Lipinski definition) is 4. The lowest BCUT2D eigenvalue weighted by atomic mass is 9.93. The Kier molecular flexibility index (Phi) is 3.71. The van der Waals surface area contributed by atoms with Gasteiger partial charge in [0, 0.05) is 22.5 Å². The summed E-state index contributed by atoms with van der Waals surface area (Å²) in [5, 5.41) is 6.87. The summed E-state index contributed by atoms with van der Waals surface area (Å²) in [5.74, 6) is 0. The minimum atomic E-state index is 0.305. The lowest BCUT2D eigenvalue weighted by molar-refractivity contribution is 0.417. The van der Waals surface area contributed by atoms with Gasteiger partial charge in [0.15, 0.2) is 0 Å². The van der Waals surface area contributed by atoms with Crippen LogP contribution in [0.4, 0.5) is 0 Å². The lowest BCUT2D eigenvalue weighted by Gasteiger charge is -2.26. The summed E-state index contributed by atoms with van der Waals surface area (Å²) >= 11 is 9.57. The molecule has 2 nitrogen and oxygen atoms in total. The second-order valence-electron chi connectivity index (χ2n) is 4.63. The molecule has 0 bridgehead atoms. The van der Waals surface area contributed by atoms with Gasteiger partial charge in [-0.3, -0.25) is 0 Å². The van der Waals surface area contributed by atoms with Gasteiger partial charge >= 0.3 is 0 Å². The van der Waals surface area contributed by atoms with Crippen LogP contribution in [-0.2, 0) is 6.42 Å². The fourth-order valence-electron chi connectivity index (χ4n) is 2.52. The predicted octanol–water partition coefficient (Wildman–Crippen LogP) is 4.59. The zero-order chi connectivity index (χ0) is 12.5. The Morgan fingerprint density at radius 2 is 2.44 bits per heavy atom. The quantitative estimate of drug-likeness (QED) is 0.896. The molecule has 1 aliphatic carbocycles. The van der Waals surface area contributed by atoms with Crippen molar-refractivity contribution in [3.05, 3.63) is 37.4 Å². The van der Waals surface area contributed by atoms with Crippen molar-refractivity contribution in [3.63, 3.8) is 0 Å². The maximum atomic E-state index is 6.13. The van der Waals surface area contributed by atoms with E-state index in [0.29, 0.717) is 12.1 Å². The Morgan fingerprint density at radius 1 is 1.56 bits per heavy atom. The number of rotatable bonds is 3. The average molecular weight is 299 g/mol. The highest BCUT2D eigenvalue weighted by molar-refractivity contribution is 7.16. The van der Waals surface area contributed by atoms with Crippen LogP contribution in [0.15, 0.2) is 17.6 Å². The number of aromatic nitrogens is 1. The van der Waals surface area contributed by atoms with Gasteiger partial charge in [0.05, 0.1) is 10.4 Å². The molecule has 0 aromatic carbocycles. The monoisotopic (exact) mass is 298 g/mol. The average Bonchev–Trinajstić information content (AvgIpc) is 2.96. The standard InChI is InChI=1S/C13H15ClN2S2/c1-8(13-15-5-6-17-13)16-10-3-2-4-11-9(10)7-12(14)18-11/h5-8,10,16H,2-4H2,1H3. The van der Waals surface area contributed by atoms with Gasteiger partial charge in [-0.25, -0.2) is 4.98 Å². The van der Waals surface area contributed by atoms with Crippen molar-refractivity contribution in [2.24, 2.45) is 0 Å². The zero-order valence-corrected chi connectivity index (χ0v) is 12.5. The second-order valence-corrected chi connectivity index (χ2v) is 7.33. The molecule has 2 unspecified atom stereocenters. The van der Waals surface area contributed by atoms with E-state index in [1.165, 1.54) is 29.7 Å². The molecule has 3 rings (SSSR count). The number of fused-ring (bicyclic) bond motifs is 1. The van der Waals surface area contributed by atoms with Crippen molar-refractivity contribution < 1.29 is 0 Å². The molecule has 2 aromatic heterocycles. The summed E-state index contributed by atoms with van der Waals surface area (Å²) in [6.07, 6.45) is 5.48. The van der Waals surface area contributed by atoms with E-state index < -0.39 is 0 Å². The second kappa shape index (κ2) is 5.29. The van der Waals surface area contributed by atoms with E-state index in [4.69, 9.17) is 11.6 Å². The molecular formula is C13H15ClN2S2. The highest BCUT2D eigenvalue weighted by Crippen LogP contribution is 2.38. The van der Waals surface area contributed by atoms with E-state index in [1.54, 1.807) is 22.7 Å². The molecule has 0 saturated carbocycles. The first kappa shape index (κ1) is 12.6. The topological polar surface area (TPSA) is 24.9 Å². The van der Waals surface area contributed by atoms with Crippen LogP contribution in [0, 0.1) is 0 Å². The van der Waals surface area contributed by atoms with Crippen molar-refractivity contribution in [2.45, 2.75) is 38.3 Å². The number of thiazole rings is 1. The third kappa shape index (κ3) is 2.48. The third-order valence-electron chi connectivity index (χ3n) is 3.36. The van der Waals surface area contributed by atoms with Crippen LogP contribution >= 0.6 is 34.3 Å². The van der Waals surface area contributed by atoms with Crippen LogP contribution in [0.3, 0.4) is 0 Å². The normalized spacial score (nSPS) is 20.7. The molecular weight excluding hydrogens is 284 g/mol. The predicted molar refractivity (Wildman–Crippen MR) is 78.7 cm³/mol. The van der Waals surface area contributed by atoms with E-state index in [0.717, 1.165) is 9.34 Å². The number of hydrogen-bond donors (Lipinski definition) is 1. The van der Waals surface area contributed by atoms with Gasteiger partial charge in [0.2, 0.25) is 0 Å². The number of thiophene rings is 1. The summed E-state index contributed by atoms with van der Waals surface area (Å²) in [4.78, 5) is 5.83. The van der Waals surface area contributed by atoms with Crippen molar-refractivity contribution >= 4 is 34.3 Å². The van der Waals surface area contributed by atoms with E-state index in [1.807, 2.05) is 11.6 Å².